The number of carboxylic acid groups (broad SMARTS) is 1. The zero-order valence-electron chi connectivity index (χ0n) is 11.7. The van der Waals surface area contributed by atoms with E-state index in [0.29, 0.717) is 6.10 Å². The Balaban J connectivity index is 1.99. The molecule has 0 spiro atoms. The van der Waals surface area contributed by atoms with E-state index in [1.54, 1.807) is 0 Å². The Kier molecular flexibility index (Phi) is 7.71. The molecule has 1 fully saturated rings. The van der Waals surface area contributed by atoms with Crippen LogP contribution in [0.25, 0.3) is 0 Å². The van der Waals surface area contributed by atoms with E-state index in [2.05, 4.69) is 25.2 Å². The van der Waals surface area contributed by atoms with E-state index >= 15 is 0 Å². The van der Waals surface area contributed by atoms with Crippen LogP contribution in [0, 0.1) is 0 Å². The third kappa shape index (κ3) is 8.25. The molecule has 1 aliphatic heterocycles. The lowest BCUT2D eigenvalue weighted by atomic mass is 10.1. The Morgan fingerprint density at radius 2 is 2.11 bits per heavy atom. The highest BCUT2D eigenvalue weighted by Gasteiger charge is 2.29. The summed E-state index contributed by atoms with van der Waals surface area (Å²) < 4.78 is 5.43. The molecule has 106 valence electrons. The minimum atomic E-state index is -0.700. The monoisotopic (exact) mass is 264 g/mol. The SMILES string of the molecule is CC/C=C\C[C@@H]1O/C1=C\C=C/CCCCCC(=O)O. The van der Waals surface area contributed by atoms with Crippen LogP contribution in [0.5, 0.6) is 0 Å². The molecular formula is C16H24O3. The Labute approximate surface area is 115 Å². The first kappa shape index (κ1) is 15.5. The highest BCUT2D eigenvalue weighted by atomic mass is 16.6. The predicted octanol–water partition coefficient (Wildman–Crippen LogP) is 4.22. The smallest absolute Gasteiger partial charge is 0.303 e. The van der Waals surface area contributed by atoms with Crippen LogP contribution in [0.2, 0.25) is 0 Å². The number of epoxide rings is 1. The Morgan fingerprint density at radius 1 is 1.26 bits per heavy atom. The van der Waals surface area contributed by atoms with Gasteiger partial charge in [-0.15, -0.1) is 0 Å². The fourth-order valence-electron chi connectivity index (χ4n) is 1.80. The van der Waals surface area contributed by atoms with Gasteiger partial charge in [-0.3, -0.25) is 4.79 Å². The molecule has 0 aliphatic carbocycles. The fraction of sp³-hybridized carbons (Fsp3) is 0.562. The van der Waals surface area contributed by atoms with Crippen molar-refractivity contribution in [1.82, 2.24) is 0 Å². The summed E-state index contributed by atoms with van der Waals surface area (Å²) in [6, 6.07) is 0. The molecule has 1 atom stereocenters. The molecule has 0 aromatic rings. The van der Waals surface area contributed by atoms with Crippen LogP contribution in [-0.4, -0.2) is 17.2 Å². The molecule has 1 rings (SSSR count). The highest BCUT2D eigenvalue weighted by molar-refractivity contribution is 5.66. The van der Waals surface area contributed by atoms with Gasteiger partial charge in [-0.25, -0.2) is 0 Å². The van der Waals surface area contributed by atoms with E-state index in [1.165, 1.54) is 0 Å². The van der Waals surface area contributed by atoms with Crippen molar-refractivity contribution in [3.63, 3.8) is 0 Å². The van der Waals surface area contributed by atoms with Gasteiger partial charge in [0.1, 0.15) is 5.76 Å². The molecule has 1 N–H and O–H groups in total. The number of rotatable bonds is 10. The summed E-state index contributed by atoms with van der Waals surface area (Å²) in [7, 11) is 0. The second-order valence-corrected chi connectivity index (χ2v) is 4.71. The summed E-state index contributed by atoms with van der Waals surface area (Å²) in [5, 5.41) is 8.48. The lowest BCUT2D eigenvalue weighted by Crippen LogP contribution is -1.93. The van der Waals surface area contributed by atoms with Crippen LogP contribution >= 0.6 is 0 Å². The zero-order chi connectivity index (χ0) is 13.9. The topological polar surface area (TPSA) is 49.8 Å². The van der Waals surface area contributed by atoms with Gasteiger partial charge in [0.05, 0.1) is 0 Å². The number of ether oxygens (including phenoxy) is 1. The summed E-state index contributed by atoms with van der Waals surface area (Å²) in [5.41, 5.74) is 0. The number of carboxylic acids is 1. The van der Waals surface area contributed by atoms with Crippen LogP contribution in [-0.2, 0) is 9.53 Å². The average molecular weight is 264 g/mol. The molecule has 0 radical (unpaired) electrons. The van der Waals surface area contributed by atoms with E-state index < -0.39 is 5.97 Å². The van der Waals surface area contributed by atoms with Crippen molar-refractivity contribution in [2.45, 2.75) is 58.0 Å². The van der Waals surface area contributed by atoms with Gasteiger partial charge in [0.2, 0.25) is 0 Å². The normalized spacial score (nSPS) is 20.3. The van der Waals surface area contributed by atoms with Gasteiger partial charge in [-0.05, 0) is 31.8 Å². The molecule has 3 nitrogen and oxygen atoms in total. The second kappa shape index (κ2) is 9.42. The van der Waals surface area contributed by atoms with Crippen LogP contribution in [0.3, 0.4) is 0 Å². The summed E-state index contributed by atoms with van der Waals surface area (Å²) in [4.78, 5) is 10.3. The third-order valence-electron chi connectivity index (χ3n) is 2.95. The van der Waals surface area contributed by atoms with Gasteiger partial charge >= 0.3 is 5.97 Å². The van der Waals surface area contributed by atoms with E-state index in [-0.39, 0.29) is 6.42 Å². The molecule has 0 aromatic heterocycles. The van der Waals surface area contributed by atoms with E-state index in [0.717, 1.165) is 44.3 Å². The summed E-state index contributed by atoms with van der Waals surface area (Å²) in [5.74, 6) is 0.372. The van der Waals surface area contributed by atoms with Crippen LogP contribution in [0.1, 0.15) is 51.9 Å². The molecule has 0 saturated carbocycles. The first-order chi connectivity index (χ1) is 9.24. The Hall–Kier alpha value is -1.51. The number of carbonyl (C=O) groups is 1. The number of allylic oxidation sites excluding steroid dienone is 4. The van der Waals surface area contributed by atoms with E-state index in [4.69, 9.17) is 9.84 Å². The number of unbranched alkanes of at least 4 members (excludes halogenated alkanes) is 3. The Morgan fingerprint density at radius 3 is 2.84 bits per heavy atom. The van der Waals surface area contributed by atoms with Crippen molar-refractivity contribution in [3.05, 3.63) is 36.1 Å². The lowest BCUT2D eigenvalue weighted by Gasteiger charge is -1.94. The first-order valence-electron chi connectivity index (χ1n) is 7.14. The minimum Gasteiger partial charge on any atom is -0.483 e. The maximum absolute atomic E-state index is 10.3. The molecule has 0 aromatic carbocycles. The average Bonchev–Trinajstić information content (AvgIpc) is 3.11. The standard InChI is InChI=1S/C16H24O3/c1-2-3-8-11-14-15(19-14)12-9-6-4-5-7-10-13-16(17)18/h3,6,8-9,12,14H,2,4-5,7,10-11,13H2,1H3,(H,17,18)/b8-3-,9-6-,15-12-/t14-/m0/s1. The van der Waals surface area contributed by atoms with E-state index in [9.17, 15) is 4.79 Å². The third-order valence-corrected chi connectivity index (χ3v) is 2.95. The quantitative estimate of drug-likeness (QED) is 0.365. The van der Waals surface area contributed by atoms with Crippen LogP contribution < -0.4 is 0 Å². The summed E-state index contributed by atoms with van der Waals surface area (Å²) >= 11 is 0. The maximum Gasteiger partial charge on any atom is 0.303 e. The van der Waals surface area contributed by atoms with Crippen molar-refractivity contribution in [2.75, 3.05) is 0 Å². The maximum atomic E-state index is 10.3. The van der Waals surface area contributed by atoms with Gasteiger partial charge in [0.15, 0.2) is 6.10 Å². The molecular weight excluding hydrogens is 240 g/mol. The summed E-state index contributed by atoms with van der Waals surface area (Å²) in [6.45, 7) is 2.13. The molecule has 0 amide bonds. The van der Waals surface area contributed by atoms with Crippen molar-refractivity contribution in [3.8, 4) is 0 Å². The second-order valence-electron chi connectivity index (χ2n) is 4.71. The fourth-order valence-corrected chi connectivity index (χ4v) is 1.80. The predicted molar refractivity (Wildman–Crippen MR) is 76.9 cm³/mol. The zero-order valence-corrected chi connectivity index (χ0v) is 11.7. The largest absolute Gasteiger partial charge is 0.483 e. The Bertz CT molecular complexity index is 353. The van der Waals surface area contributed by atoms with Gasteiger partial charge in [-0.1, -0.05) is 37.6 Å². The highest BCUT2D eigenvalue weighted by Crippen LogP contribution is 2.30. The van der Waals surface area contributed by atoms with Crippen molar-refractivity contribution in [2.24, 2.45) is 0 Å². The summed E-state index contributed by atoms with van der Waals surface area (Å²) in [6.07, 6.45) is 17.0. The molecule has 1 saturated heterocycles. The number of aliphatic carboxylic acids is 1. The molecule has 0 unspecified atom stereocenters. The first-order valence-corrected chi connectivity index (χ1v) is 7.14. The minimum absolute atomic E-state index is 0.286. The van der Waals surface area contributed by atoms with Gasteiger partial charge in [-0.2, -0.15) is 0 Å². The molecule has 0 bridgehead atoms. The lowest BCUT2D eigenvalue weighted by molar-refractivity contribution is -0.137. The van der Waals surface area contributed by atoms with Crippen molar-refractivity contribution >= 4 is 5.97 Å². The van der Waals surface area contributed by atoms with Crippen molar-refractivity contribution in [1.29, 1.82) is 0 Å². The molecule has 3 heteroatoms. The van der Waals surface area contributed by atoms with Gasteiger partial charge in [0.25, 0.3) is 0 Å². The number of hydrogen-bond donors (Lipinski definition) is 1. The van der Waals surface area contributed by atoms with Crippen LogP contribution in [0.4, 0.5) is 0 Å². The molecule has 1 heterocycles. The van der Waals surface area contributed by atoms with Crippen molar-refractivity contribution < 1.29 is 14.6 Å². The molecule has 19 heavy (non-hydrogen) atoms. The van der Waals surface area contributed by atoms with Crippen LogP contribution in [0.15, 0.2) is 36.1 Å². The van der Waals surface area contributed by atoms with Gasteiger partial charge in [0, 0.05) is 12.8 Å². The van der Waals surface area contributed by atoms with E-state index in [1.807, 2.05) is 12.2 Å². The van der Waals surface area contributed by atoms with Gasteiger partial charge < -0.3 is 9.84 Å². The molecule has 1 aliphatic rings. The number of hydrogen-bond acceptors (Lipinski definition) is 2.